The smallest absolute Gasteiger partial charge is 0.219 e. The standard InChI is InChI=1S/C10H14ClN3O2S/c11-9-1-2-10(13-7-9)8-17(15,16)14-5-3-12-4-6-14/h1-2,7,12H,3-6,8H2. The van der Waals surface area contributed by atoms with Gasteiger partial charge >= 0.3 is 0 Å². The molecular weight excluding hydrogens is 262 g/mol. The van der Waals surface area contributed by atoms with E-state index in [1.807, 2.05) is 0 Å². The van der Waals surface area contributed by atoms with Crippen LogP contribution in [0, 0.1) is 0 Å². The Morgan fingerprint density at radius 3 is 2.65 bits per heavy atom. The monoisotopic (exact) mass is 275 g/mol. The Bertz CT molecular complexity index is 469. The highest BCUT2D eigenvalue weighted by molar-refractivity contribution is 7.88. The Hall–Kier alpha value is -0.690. The van der Waals surface area contributed by atoms with Crippen molar-refractivity contribution in [3.63, 3.8) is 0 Å². The zero-order valence-electron chi connectivity index (χ0n) is 9.26. The lowest BCUT2D eigenvalue weighted by Crippen LogP contribution is -2.46. The molecule has 1 aromatic rings. The lowest BCUT2D eigenvalue weighted by Gasteiger charge is -2.26. The normalized spacial score (nSPS) is 18.2. The van der Waals surface area contributed by atoms with E-state index in [1.54, 1.807) is 12.1 Å². The van der Waals surface area contributed by atoms with Gasteiger partial charge in [-0.2, -0.15) is 4.31 Å². The van der Waals surface area contributed by atoms with Gasteiger partial charge in [0.2, 0.25) is 10.0 Å². The van der Waals surface area contributed by atoms with Crippen molar-refractivity contribution in [2.45, 2.75) is 5.75 Å². The maximum Gasteiger partial charge on any atom is 0.219 e. The predicted octanol–water partition coefficient (Wildman–Crippen LogP) is 0.470. The van der Waals surface area contributed by atoms with Gasteiger partial charge in [0, 0.05) is 32.4 Å². The van der Waals surface area contributed by atoms with Crippen LogP contribution in [0.15, 0.2) is 18.3 Å². The van der Waals surface area contributed by atoms with Crippen LogP contribution in [0.4, 0.5) is 0 Å². The summed E-state index contributed by atoms with van der Waals surface area (Å²) in [6, 6.07) is 3.29. The molecule has 0 spiro atoms. The van der Waals surface area contributed by atoms with E-state index in [1.165, 1.54) is 10.5 Å². The number of nitrogens with one attached hydrogen (secondary N) is 1. The van der Waals surface area contributed by atoms with E-state index in [0.717, 1.165) is 0 Å². The second kappa shape index (κ2) is 5.30. The third-order valence-electron chi connectivity index (χ3n) is 2.59. The first-order valence-corrected chi connectivity index (χ1v) is 7.35. The first kappa shape index (κ1) is 12.8. The van der Waals surface area contributed by atoms with Crippen molar-refractivity contribution in [1.29, 1.82) is 0 Å². The Kier molecular flexibility index (Phi) is 3.98. The number of halogens is 1. The van der Waals surface area contributed by atoms with Crippen molar-refractivity contribution < 1.29 is 8.42 Å². The molecule has 7 heteroatoms. The maximum absolute atomic E-state index is 12.1. The number of aromatic nitrogens is 1. The fourth-order valence-corrected chi connectivity index (χ4v) is 3.27. The van der Waals surface area contributed by atoms with E-state index in [9.17, 15) is 8.42 Å². The van der Waals surface area contributed by atoms with E-state index in [0.29, 0.717) is 36.9 Å². The van der Waals surface area contributed by atoms with Crippen molar-refractivity contribution in [3.8, 4) is 0 Å². The fourth-order valence-electron chi connectivity index (χ4n) is 1.69. The highest BCUT2D eigenvalue weighted by atomic mass is 35.5. The molecule has 0 radical (unpaired) electrons. The number of piperazine rings is 1. The molecule has 0 aromatic carbocycles. The highest BCUT2D eigenvalue weighted by Crippen LogP contribution is 2.12. The molecule has 1 saturated heterocycles. The minimum atomic E-state index is -3.26. The van der Waals surface area contributed by atoms with Crippen LogP contribution >= 0.6 is 11.6 Å². The van der Waals surface area contributed by atoms with Gasteiger partial charge in [0.25, 0.3) is 0 Å². The number of rotatable bonds is 3. The summed E-state index contributed by atoms with van der Waals surface area (Å²) < 4.78 is 25.6. The van der Waals surface area contributed by atoms with Crippen LogP contribution in [0.2, 0.25) is 5.02 Å². The first-order valence-electron chi connectivity index (χ1n) is 5.37. The summed E-state index contributed by atoms with van der Waals surface area (Å²) in [4.78, 5) is 4.00. The number of hydrogen-bond donors (Lipinski definition) is 1. The van der Waals surface area contributed by atoms with Gasteiger partial charge in [-0.3, -0.25) is 4.98 Å². The third-order valence-corrected chi connectivity index (χ3v) is 4.62. The summed E-state index contributed by atoms with van der Waals surface area (Å²) in [5.41, 5.74) is 0.521. The van der Waals surface area contributed by atoms with Crippen molar-refractivity contribution in [1.82, 2.24) is 14.6 Å². The molecule has 0 bridgehead atoms. The van der Waals surface area contributed by atoms with Crippen molar-refractivity contribution in [3.05, 3.63) is 29.0 Å². The van der Waals surface area contributed by atoms with Crippen LogP contribution in [0.1, 0.15) is 5.69 Å². The lowest BCUT2D eigenvalue weighted by molar-refractivity contribution is 0.359. The molecule has 2 rings (SSSR count). The summed E-state index contributed by atoms with van der Waals surface area (Å²) >= 11 is 5.70. The Balaban J connectivity index is 2.08. The minimum Gasteiger partial charge on any atom is -0.314 e. The SMILES string of the molecule is O=S(=O)(Cc1ccc(Cl)cn1)N1CCNCC1. The van der Waals surface area contributed by atoms with Crippen LogP contribution in [-0.2, 0) is 15.8 Å². The lowest BCUT2D eigenvalue weighted by atomic mass is 10.4. The number of pyridine rings is 1. The van der Waals surface area contributed by atoms with Gasteiger partial charge in [-0.15, -0.1) is 0 Å². The molecule has 5 nitrogen and oxygen atoms in total. The Morgan fingerprint density at radius 1 is 1.35 bits per heavy atom. The molecule has 1 N–H and O–H groups in total. The minimum absolute atomic E-state index is 0.0653. The molecule has 1 aliphatic rings. The highest BCUT2D eigenvalue weighted by Gasteiger charge is 2.24. The van der Waals surface area contributed by atoms with Crippen LogP contribution in [0.25, 0.3) is 0 Å². The fraction of sp³-hybridized carbons (Fsp3) is 0.500. The molecule has 0 atom stereocenters. The summed E-state index contributed by atoms with van der Waals surface area (Å²) in [5.74, 6) is -0.0653. The van der Waals surface area contributed by atoms with Crippen LogP contribution < -0.4 is 5.32 Å². The van der Waals surface area contributed by atoms with Gasteiger partial charge in [0.15, 0.2) is 0 Å². The molecule has 1 fully saturated rings. The first-order chi connectivity index (χ1) is 8.08. The third kappa shape index (κ3) is 3.38. The number of sulfonamides is 1. The van der Waals surface area contributed by atoms with Gasteiger partial charge in [0.05, 0.1) is 10.7 Å². The molecule has 0 aliphatic carbocycles. The van der Waals surface area contributed by atoms with Gasteiger partial charge < -0.3 is 5.32 Å². The quantitative estimate of drug-likeness (QED) is 0.871. The van der Waals surface area contributed by atoms with Crippen molar-refractivity contribution in [2.24, 2.45) is 0 Å². The summed E-state index contributed by atoms with van der Waals surface area (Å²) in [5, 5.41) is 3.63. The van der Waals surface area contributed by atoms with E-state index in [2.05, 4.69) is 10.3 Å². The maximum atomic E-state index is 12.1. The molecule has 17 heavy (non-hydrogen) atoms. The average molecular weight is 276 g/mol. The van der Waals surface area contributed by atoms with Gasteiger partial charge in [-0.1, -0.05) is 11.6 Å². The Morgan fingerprint density at radius 2 is 2.06 bits per heavy atom. The summed E-state index contributed by atoms with van der Waals surface area (Å²) in [7, 11) is -3.26. The Labute approximate surface area is 106 Å². The van der Waals surface area contributed by atoms with Gasteiger partial charge in [-0.25, -0.2) is 8.42 Å². The number of hydrogen-bond acceptors (Lipinski definition) is 4. The molecule has 94 valence electrons. The van der Waals surface area contributed by atoms with E-state index in [4.69, 9.17) is 11.6 Å². The van der Waals surface area contributed by atoms with Crippen LogP contribution in [0.3, 0.4) is 0 Å². The molecule has 1 aliphatic heterocycles. The van der Waals surface area contributed by atoms with E-state index >= 15 is 0 Å². The predicted molar refractivity (Wildman–Crippen MR) is 66.3 cm³/mol. The summed E-state index contributed by atoms with van der Waals surface area (Å²) in [6.45, 7) is 2.45. The van der Waals surface area contributed by atoms with Crippen molar-refractivity contribution >= 4 is 21.6 Å². The van der Waals surface area contributed by atoms with Crippen LogP contribution in [0.5, 0.6) is 0 Å². The van der Waals surface area contributed by atoms with Crippen LogP contribution in [-0.4, -0.2) is 43.9 Å². The zero-order valence-corrected chi connectivity index (χ0v) is 10.8. The second-order valence-corrected chi connectivity index (χ2v) is 6.28. The molecule has 0 unspecified atom stereocenters. The van der Waals surface area contributed by atoms with Gasteiger partial charge in [0.1, 0.15) is 5.75 Å². The molecule has 0 saturated carbocycles. The van der Waals surface area contributed by atoms with Gasteiger partial charge in [-0.05, 0) is 12.1 Å². The largest absolute Gasteiger partial charge is 0.314 e. The molecular formula is C10H14ClN3O2S. The van der Waals surface area contributed by atoms with E-state index < -0.39 is 10.0 Å². The second-order valence-electron chi connectivity index (χ2n) is 3.87. The van der Waals surface area contributed by atoms with E-state index in [-0.39, 0.29) is 5.75 Å². The topological polar surface area (TPSA) is 62.3 Å². The number of nitrogens with zero attached hydrogens (tertiary/aromatic N) is 2. The molecule has 0 amide bonds. The average Bonchev–Trinajstić information content (AvgIpc) is 2.33. The molecule has 1 aromatic heterocycles. The van der Waals surface area contributed by atoms with Crippen molar-refractivity contribution in [2.75, 3.05) is 26.2 Å². The summed E-state index contributed by atoms with van der Waals surface area (Å²) in [6.07, 6.45) is 1.46. The molecule has 2 heterocycles. The zero-order chi connectivity index (χ0) is 12.3.